The number of allylic oxidation sites excluding steroid dienone is 1. The van der Waals surface area contributed by atoms with E-state index >= 15 is 0 Å². The van der Waals surface area contributed by atoms with Gasteiger partial charge in [0.05, 0.1) is 29.9 Å². The summed E-state index contributed by atoms with van der Waals surface area (Å²) in [5.41, 5.74) is 8.39. The minimum absolute atomic E-state index is 0.0841. The minimum atomic E-state index is -0.300. The number of halogens is 1. The highest BCUT2D eigenvalue weighted by Crippen LogP contribution is 2.50. The van der Waals surface area contributed by atoms with Gasteiger partial charge in [0.1, 0.15) is 17.1 Å². The Morgan fingerprint density at radius 1 is 1.32 bits per heavy atom. The number of rotatable bonds is 5. The van der Waals surface area contributed by atoms with Gasteiger partial charge in [-0.25, -0.2) is 9.97 Å². The molecule has 7 nitrogen and oxygen atoms in total. The Balaban J connectivity index is 1.54. The molecule has 28 heavy (non-hydrogen) atoms. The molecule has 2 heterocycles. The first-order valence-electron chi connectivity index (χ1n) is 8.99. The molecule has 4 N–H and O–H groups in total. The summed E-state index contributed by atoms with van der Waals surface area (Å²) >= 11 is 6.43. The van der Waals surface area contributed by atoms with Crippen LogP contribution in [0.25, 0.3) is 22.6 Å². The zero-order valence-corrected chi connectivity index (χ0v) is 15.8. The molecule has 2 aliphatic carbocycles. The van der Waals surface area contributed by atoms with Crippen molar-refractivity contribution in [2.75, 3.05) is 12.4 Å². The van der Waals surface area contributed by atoms with Crippen molar-refractivity contribution in [3.05, 3.63) is 47.6 Å². The Morgan fingerprint density at radius 2 is 2.14 bits per heavy atom. The average Bonchev–Trinajstić information content (AvgIpc) is 3.11. The van der Waals surface area contributed by atoms with Crippen molar-refractivity contribution in [3.8, 4) is 17.1 Å². The van der Waals surface area contributed by atoms with E-state index in [4.69, 9.17) is 22.1 Å². The normalized spacial score (nSPS) is 24.9. The lowest BCUT2D eigenvalue weighted by Crippen LogP contribution is -2.61. The lowest BCUT2D eigenvalue weighted by molar-refractivity contribution is -0.129. The molecular weight excluding hydrogens is 378 g/mol. The number of ether oxygens (including phenoxy) is 1. The van der Waals surface area contributed by atoms with Crippen LogP contribution >= 0.6 is 11.6 Å². The van der Waals surface area contributed by atoms with Gasteiger partial charge >= 0.3 is 0 Å². The summed E-state index contributed by atoms with van der Waals surface area (Å²) in [4.78, 5) is 24.1. The van der Waals surface area contributed by atoms with Crippen LogP contribution in [0.1, 0.15) is 0 Å². The lowest BCUT2D eigenvalue weighted by atomic mass is 9.54. The third-order valence-corrected chi connectivity index (χ3v) is 5.96. The second-order valence-corrected chi connectivity index (χ2v) is 7.54. The quantitative estimate of drug-likeness (QED) is 0.576. The SMILES string of the molecule is COc1cccc(-c2nc3ncc(Cl)c(N[C@@H]4[C@H]5C=CC5[C@@H]4C(N)=O)c3[nH]2)c1. The number of amides is 1. The van der Waals surface area contributed by atoms with Crippen LogP contribution in [0.15, 0.2) is 42.6 Å². The Labute approximate surface area is 166 Å². The molecule has 0 aliphatic heterocycles. The first-order valence-corrected chi connectivity index (χ1v) is 9.37. The number of nitrogens with one attached hydrogen (secondary N) is 2. The van der Waals surface area contributed by atoms with Crippen LogP contribution in [0.2, 0.25) is 5.02 Å². The molecule has 8 heteroatoms. The predicted molar refractivity (Wildman–Crippen MR) is 107 cm³/mol. The monoisotopic (exact) mass is 395 g/mol. The number of hydrogen-bond donors (Lipinski definition) is 3. The van der Waals surface area contributed by atoms with Gasteiger partial charge in [-0.1, -0.05) is 35.9 Å². The molecule has 1 aromatic carbocycles. The number of imidazole rings is 1. The number of fused-ring (bicyclic) bond motifs is 2. The summed E-state index contributed by atoms with van der Waals surface area (Å²) < 4.78 is 5.29. The summed E-state index contributed by atoms with van der Waals surface area (Å²) in [6.07, 6.45) is 5.70. The van der Waals surface area contributed by atoms with Crippen LogP contribution in [-0.2, 0) is 4.79 Å². The maximum Gasteiger partial charge on any atom is 0.223 e. The second kappa shape index (κ2) is 6.24. The number of anilines is 1. The first-order chi connectivity index (χ1) is 13.6. The Hall–Kier alpha value is -3.06. The second-order valence-electron chi connectivity index (χ2n) is 7.13. The Bertz CT molecular complexity index is 1120. The minimum Gasteiger partial charge on any atom is -0.497 e. The van der Waals surface area contributed by atoms with E-state index in [1.54, 1.807) is 13.3 Å². The van der Waals surface area contributed by atoms with E-state index in [9.17, 15) is 4.79 Å². The van der Waals surface area contributed by atoms with Crippen LogP contribution in [0.4, 0.5) is 5.69 Å². The number of nitrogens with two attached hydrogens (primary N) is 1. The first kappa shape index (κ1) is 17.1. The number of hydrogen-bond acceptors (Lipinski definition) is 5. The van der Waals surface area contributed by atoms with E-state index in [0.717, 1.165) is 11.3 Å². The molecule has 2 aliphatic rings. The summed E-state index contributed by atoms with van der Waals surface area (Å²) in [5.74, 6) is 1.37. The molecule has 142 valence electrons. The van der Waals surface area contributed by atoms with Crippen molar-refractivity contribution >= 4 is 34.4 Å². The van der Waals surface area contributed by atoms with Gasteiger partial charge in [-0.3, -0.25) is 4.79 Å². The molecule has 5 rings (SSSR count). The fourth-order valence-electron chi connectivity index (χ4n) is 4.12. The summed E-state index contributed by atoms with van der Waals surface area (Å²) in [6, 6.07) is 7.52. The number of carbonyl (C=O) groups excluding carboxylic acids is 1. The van der Waals surface area contributed by atoms with E-state index in [-0.39, 0.29) is 29.7 Å². The van der Waals surface area contributed by atoms with Gasteiger partial charge in [-0.2, -0.15) is 0 Å². The standard InChI is InChI=1S/C20H18ClN5O2/c1-28-10-4-2-3-9(7-10)19-25-17-16(13(21)8-23-20(17)26-19)24-15-12-6-5-11(12)14(15)18(22)27/h2-8,11-12,14-15H,1H3,(H2,22,27)(H2,23,24,25,26)/t11?,12-,14-,15+/m0/s1. The zero-order chi connectivity index (χ0) is 19.4. The highest BCUT2D eigenvalue weighted by atomic mass is 35.5. The number of methoxy groups -OCH3 is 1. The number of carbonyl (C=O) groups is 1. The smallest absolute Gasteiger partial charge is 0.223 e. The average molecular weight is 396 g/mol. The van der Waals surface area contributed by atoms with Crippen molar-refractivity contribution in [3.63, 3.8) is 0 Å². The Kier molecular flexibility index (Phi) is 3.80. The predicted octanol–water partition coefficient (Wildman–Crippen LogP) is 2.98. The molecular formula is C20H18ClN5O2. The maximum absolute atomic E-state index is 11.8. The highest BCUT2D eigenvalue weighted by molar-refractivity contribution is 6.34. The van der Waals surface area contributed by atoms with Gasteiger partial charge in [0, 0.05) is 17.5 Å². The lowest BCUT2D eigenvalue weighted by Gasteiger charge is -2.53. The van der Waals surface area contributed by atoms with E-state index in [1.165, 1.54) is 0 Å². The molecule has 0 spiro atoms. The van der Waals surface area contributed by atoms with Gasteiger partial charge in [0.25, 0.3) is 0 Å². The van der Waals surface area contributed by atoms with Gasteiger partial charge in [-0.15, -0.1) is 0 Å². The third-order valence-electron chi connectivity index (χ3n) is 5.67. The number of H-pyrrole nitrogens is 1. The molecule has 1 fully saturated rings. The van der Waals surface area contributed by atoms with Crippen molar-refractivity contribution in [2.24, 2.45) is 23.5 Å². The molecule has 3 aromatic rings. The number of benzene rings is 1. The molecule has 1 amide bonds. The molecule has 1 unspecified atom stereocenters. The van der Waals surface area contributed by atoms with E-state index in [0.29, 0.717) is 27.7 Å². The summed E-state index contributed by atoms with van der Waals surface area (Å²) in [5, 5.41) is 3.88. The number of primary amides is 1. The highest BCUT2D eigenvalue weighted by Gasteiger charge is 2.54. The Morgan fingerprint density at radius 3 is 2.86 bits per heavy atom. The van der Waals surface area contributed by atoms with Crippen LogP contribution in [-0.4, -0.2) is 34.0 Å². The molecule has 0 saturated heterocycles. The number of pyridine rings is 1. The van der Waals surface area contributed by atoms with Crippen LogP contribution in [0, 0.1) is 17.8 Å². The molecule has 0 radical (unpaired) electrons. The number of aromatic amines is 1. The topological polar surface area (TPSA) is 106 Å². The van der Waals surface area contributed by atoms with Crippen molar-refractivity contribution < 1.29 is 9.53 Å². The number of aromatic nitrogens is 3. The molecule has 2 aromatic heterocycles. The van der Waals surface area contributed by atoms with Gasteiger partial charge in [0.2, 0.25) is 5.91 Å². The van der Waals surface area contributed by atoms with Gasteiger partial charge in [-0.05, 0) is 18.1 Å². The van der Waals surface area contributed by atoms with E-state index in [1.807, 2.05) is 30.3 Å². The van der Waals surface area contributed by atoms with Gasteiger partial charge < -0.3 is 20.8 Å². The maximum atomic E-state index is 11.8. The van der Waals surface area contributed by atoms with E-state index < -0.39 is 0 Å². The molecule has 4 atom stereocenters. The summed E-state index contributed by atoms with van der Waals surface area (Å²) in [6.45, 7) is 0. The van der Waals surface area contributed by atoms with Gasteiger partial charge in [0.15, 0.2) is 5.65 Å². The summed E-state index contributed by atoms with van der Waals surface area (Å²) in [7, 11) is 1.62. The third kappa shape index (κ3) is 2.46. The van der Waals surface area contributed by atoms with E-state index in [2.05, 4.69) is 26.3 Å². The van der Waals surface area contributed by atoms with Crippen LogP contribution in [0.5, 0.6) is 5.75 Å². The van der Waals surface area contributed by atoms with Crippen LogP contribution in [0.3, 0.4) is 0 Å². The van der Waals surface area contributed by atoms with Crippen LogP contribution < -0.4 is 15.8 Å². The van der Waals surface area contributed by atoms with Crippen molar-refractivity contribution in [1.29, 1.82) is 0 Å². The number of nitrogens with zero attached hydrogens (tertiary/aromatic N) is 2. The molecule has 1 saturated carbocycles. The fraction of sp³-hybridized carbons (Fsp3) is 0.250. The molecule has 0 bridgehead atoms. The fourth-order valence-corrected chi connectivity index (χ4v) is 4.32. The van der Waals surface area contributed by atoms with Crippen molar-refractivity contribution in [1.82, 2.24) is 15.0 Å². The largest absolute Gasteiger partial charge is 0.497 e. The zero-order valence-electron chi connectivity index (χ0n) is 15.0. The van der Waals surface area contributed by atoms with Crippen molar-refractivity contribution in [2.45, 2.75) is 6.04 Å².